The molecule has 2 fully saturated rings. The van der Waals surface area contributed by atoms with Gasteiger partial charge in [0.2, 0.25) is 5.91 Å². The largest absolute Gasteiger partial charge is 0.381 e. The second-order valence-corrected chi connectivity index (χ2v) is 5.36. The number of ether oxygens (including phenoxy) is 1. The summed E-state index contributed by atoms with van der Waals surface area (Å²) in [6.07, 6.45) is 2.98. The van der Waals surface area contributed by atoms with Crippen LogP contribution in [-0.4, -0.2) is 38.8 Å². The molecule has 4 heteroatoms. The van der Waals surface area contributed by atoms with E-state index in [1.165, 1.54) is 6.42 Å². The molecule has 0 aromatic heterocycles. The molecule has 2 atom stereocenters. The topological polar surface area (TPSA) is 50.4 Å². The second-order valence-electron chi connectivity index (χ2n) is 5.36. The van der Waals surface area contributed by atoms with E-state index >= 15 is 0 Å². The summed E-state index contributed by atoms with van der Waals surface area (Å²) in [6.45, 7) is 6.73. The summed E-state index contributed by atoms with van der Waals surface area (Å²) in [5.41, 5.74) is 0. The lowest BCUT2D eigenvalue weighted by atomic mass is 9.88. The molecule has 2 heterocycles. The number of rotatable bonds is 3. The van der Waals surface area contributed by atoms with E-state index in [0.717, 1.165) is 45.7 Å². The van der Waals surface area contributed by atoms with Crippen LogP contribution in [0.15, 0.2) is 0 Å². The van der Waals surface area contributed by atoms with Crippen molar-refractivity contribution < 1.29 is 9.53 Å². The van der Waals surface area contributed by atoms with Crippen molar-refractivity contribution in [1.82, 2.24) is 10.6 Å². The average molecular weight is 240 g/mol. The molecule has 2 unspecified atom stereocenters. The highest BCUT2D eigenvalue weighted by atomic mass is 16.5. The van der Waals surface area contributed by atoms with Gasteiger partial charge >= 0.3 is 0 Å². The first-order valence-corrected chi connectivity index (χ1v) is 6.83. The van der Waals surface area contributed by atoms with Crippen molar-refractivity contribution in [2.24, 2.45) is 17.8 Å². The summed E-state index contributed by atoms with van der Waals surface area (Å²) in [6, 6.07) is 0. The number of nitrogens with one attached hydrogen (secondary N) is 2. The minimum Gasteiger partial charge on any atom is -0.381 e. The van der Waals surface area contributed by atoms with Gasteiger partial charge in [0.05, 0.1) is 0 Å². The minimum absolute atomic E-state index is 0.176. The van der Waals surface area contributed by atoms with E-state index in [4.69, 9.17) is 4.74 Å². The Morgan fingerprint density at radius 1 is 1.35 bits per heavy atom. The van der Waals surface area contributed by atoms with E-state index in [-0.39, 0.29) is 11.8 Å². The Balaban J connectivity index is 1.71. The first kappa shape index (κ1) is 12.8. The van der Waals surface area contributed by atoms with Gasteiger partial charge in [-0.05, 0) is 44.2 Å². The molecule has 2 rings (SSSR count). The Bertz CT molecular complexity index is 252. The van der Waals surface area contributed by atoms with E-state index < -0.39 is 0 Å². The van der Waals surface area contributed by atoms with Gasteiger partial charge in [-0.15, -0.1) is 0 Å². The third kappa shape index (κ3) is 3.68. The maximum absolute atomic E-state index is 12.0. The fourth-order valence-corrected chi connectivity index (χ4v) is 2.66. The van der Waals surface area contributed by atoms with Crippen LogP contribution in [0.3, 0.4) is 0 Å². The van der Waals surface area contributed by atoms with Crippen LogP contribution in [0.4, 0.5) is 0 Å². The molecule has 4 nitrogen and oxygen atoms in total. The smallest absolute Gasteiger partial charge is 0.223 e. The van der Waals surface area contributed by atoms with E-state index in [0.29, 0.717) is 11.8 Å². The quantitative estimate of drug-likeness (QED) is 0.766. The standard InChI is InChI=1S/C13H24N2O2/c1-10-2-5-14-8-12(10)9-15-13(16)11-3-6-17-7-4-11/h10-12,14H,2-9H2,1H3,(H,15,16). The van der Waals surface area contributed by atoms with Crippen LogP contribution in [0, 0.1) is 17.8 Å². The highest BCUT2D eigenvalue weighted by Crippen LogP contribution is 2.18. The summed E-state index contributed by atoms with van der Waals surface area (Å²) in [5, 5.41) is 6.52. The summed E-state index contributed by atoms with van der Waals surface area (Å²) in [7, 11) is 0. The predicted molar refractivity (Wildman–Crippen MR) is 66.7 cm³/mol. The Morgan fingerprint density at radius 2 is 2.12 bits per heavy atom. The molecule has 0 aromatic rings. The van der Waals surface area contributed by atoms with Crippen molar-refractivity contribution in [2.75, 3.05) is 32.8 Å². The summed E-state index contributed by atoms with van der Waals surface area (Å²) in [5.74, 6) is 1.71. The second kappa shape index (κ2) is 6.36. The van der Waals surface area contributed by atoms with Gasteiger partial charge in [-0.25, -0.2) is 0 Å². The van der Waals surface area contributed by atoms with Gasteiger partial charge in [0, 0.05) is 25.7 Å². The first-order valence-electron chi connectivity index (χ1n) is 6.83. The van der Waals surface area contributed by atoms with Gasteiger partial charge in [0.15, 0.2) is 0 Å². The van der Waals surface area contributed by atoms with Crippen molar-refractivity contribution in [3.8, 4) is 0 Å². The molecule has 17 heavy (non-hydrogen) atoms. The number of hydrogen-bond acceptors (Lipinski definition) is 3. The van der Waals surface area contributed by atoms with Crippen molar-refractivity contribution in [3.05, 3.63) is 0 Å². The van der Waals surface area contributed by atoms with E-state index in [1.54, 1.807) is 0 Å². The van der Waals surface area contributed by atoms with Crippen molar-refractivity contribution in [1.29, 1.82) is 0 Å². The Morgan fingerprint density at radius 3 is 2.82 bits per heavy atom. The summed E-state index contributed by atoms with van der Waals surface area (Å²) >= 11 is 0. The zero-order valence-corrected chi connectivity index (χ0v) is 10.7. The summed E-state index contributed by atoms with van der Waals surface area (Å²) in [4.78, 5) is 12.0. The van der Waals surface area contributed by atoms with Crippen molar-refractivity contribution >= 4 is 5.91 Å². The Labute approximate surface area is 103 Å². The third-order valence-electron chi connectivity index (χ3n) is 4.12. The lowest BCUT2D eigenvalue weighted by Gasteiger charge is -2.30. The third-order valence-corrected chi connectivity index (χ3v) is 4.12. The molecule has 98 valence electrons. The molecule has 2 aliphatic heterocycles. The van der Waals surface area contributed by atoms with Crippen LogP contribution in [-0.2, 0) is 9.53 Å². The molecular formula is C13H24N2O2. The molecular weight excluding hydrogens is 216 g/mol. The maximum atomic E-state index is 12.0. The predicted octanol–water partition coefficient (Wildman–Crippen LogP) is 0.775. The average Bonchev–Trinajstić information content (AvgIpc) is 2.38. The van der Waals surface area contributed by atoms with Crippen molar-refractivity contribution in [2.45, 2.75) is 26.2 Å². The molecule has 0 aliphatic carbocycles. The van der Waals surface area contributed by atoms with Crippen LogP contribution < -0.4 is 10.6 Å². The normalized spacial score (nSPS) is 31.1. The van der Waals surface area contributed by atoms with E-state index in [1.807, 2.05) is 0 Å². The fourth-order valence-electron chi connectivity index (χ4n) is 2.66. The molecule has 0 radical (unpaired) electrons. The molecule has 0 bridgehead atoms. The highest BCUT2D eigenvalue weighted by Gasteiger charge is 2.24. The number of carbonyl (C=O) groups is 1. The maximum Gasteiger partial charge on any atom is 0.223 e. The number of piperidine rings is 1. The zero-order valence-electron chi connectivity index (χ0n) is 10.7. The first-order chi connectivity index (χ1) is 8.27. The number of amides is 1. The lowest BCUT2D eigenvalue weighted by molar-refractivity contribution is -0.128. The van der Waals surface area contributed by atoms with Crippen LogP contribution in [0.1, 0.15) is 26.2 Å². The molecule has 0 saturated carbocycles. The van der Waals surface area contributed by atoms with Crippen LogP contribution in [0.25, 0.3) is 0 Å². The van der Waals surface area contributed by atoms with Crippen molar-refractivity contribution in [3.63, 3.8) is 0 Å². The Kier molecular flexibility index (Phi) is 4.80. The number of hydrogen-bond donors (Lipinski definition) is 2. The lowest BCUT2D eigenvalue weighted by Crippen LogP contribution is -2.44. The molecule has 0 aromatic carbocycles. The fraction of sp³-hybridized carbons (Fsp3) is 0.923. The highest BCUT2D eigenvalue weighted by molar-refractivity contribution is 5.78. The van der Waals surface area contributed by atoms with Gasteiger partial charge in [-0.2, -0.15) is 0 Å². The SMILES string of the molecule is CC1CCNCC1CNC(=O)C1CCOCC1. The molecule has 1 amide bonds. The van der Waals surface area contributed by atoms with Gasteiger partial charge in [-0.1, -0.05) is 6.92 Å². The van der Waals surface area contributed by atoms with Gasteiger partial charge in [0.25, 0.3) is 0 Å². The zero-order chi connectivity index (χ0) is 12.1. The minimum atomic E-state index is 0.176. The molecule has 0 spiro atoms. The van der Waals surface area contributed by atoms with Gasteiger partial charge < -0.3 is 15.4 Å². The van der Waals surface area contributed by atoms with Crippen LogP contribution in [0.5, 0.6) is 0 Å². The molecule has 2 saturated heterocycles. The van der Waals surface area contributed by atoms with E-state index in [9.17, 15) is 4.79 Å². The van der Waals surface area contributed by atoms with E-state index in [2.05, 4.69) is 17.6 Å². The Hall–Kier alpha value is -0.610. The van der Waals surface area contributed by atoms with Gasteiger partial charge in [-0.3, -0.25) is 4.79 Å². The van der Waals surface area contributed by atoms with Crippen LogP contribution >= 0.6 is 0 Å². The van der Waals surface area contributed by atoms with Crippen LogP contribution in [0.2, 0.25) is 0 Å². The molecule has 2 N–H and O–H groups in total. The monoisotopic (exact) mass is 240 g/mol. The molecule has 2 aliphatic rings. The van der Waals surface area contributed by atoms with Gasteiger partial charge in [0.1, 0.15) is 0 Å². The summed E-state index contributed by atoms with van der Waals surface area (Å²) < 4.78 is 5.27. The number of carbonyl (C=O) groups excluding carboxylic acids is 1.